The number of halogens is 6. The van der Waals surface area contributed by atoms with Gasteiger partial charge in [-0.3, -0.25) is 9.69 Å². The summed E-state index contributed by atoms with van der Waals surface area (Å²) in [5.41, 5.74) is -1.22. The van der Waals surface area contributed by atoms with Crippen molar-refractivity contribution in [1.82, 2.24) is 29.5 Å². The maximum atomic E-state index is 13.4. The number of aromatic nitrogens is 4. The van der Waals surface area contributed by atoms with Crippen LogP contribution in [0.15, 0.2) is 30.5 Å². The zero-order chi connectivity index (χ0) is 30.0. The molecular formula is C26H28F6N8O2. The number of amides is 1. The lowest BCUT2D eigenvalue weighted by Gasteiger charge is -2.48. The van der Waals surface area contributed by atoms with E-state index in [9.17, 15) is 36.2 Å². The highest BCUT2D eigenvalue weighted by Crippen LogP contribution is 2.36. The van der Waals surface area contributed by atoms with Crippen LogP contribution < -0.4 is 10.2 Å². The molecule has 42 heavy (non-hydrogen) atoms. The minimum atomic E-state index is -4.55. The molecule has 2 aliphatic heterocycles. The van der Waals surface area contributed by atoms with Crippen molar-refractivity contribution in [2.75, 3.05) is 49.5 Å². The second-order valence-electron chi connectivity index (χ2n) is 11.4. The second kappa shape index (κ2) is 9.97. The number of anilines is 2. The van der Waals surface area contributed by atoms with Crippen molar-refractivity contribution in [3.8, 4) is 5.69 Å². The number of benzene rings is 1. The normalized spacial score (nSPS) is 24.2. The van der Waals surface area contributed by atoms with E-state index in [1.54, 1.807) is 11.8 Å². The molecule has 1 amide bonds. The summed E-state index contributed by atoms with van der Waals surface area (Å²) in [6.45, 7) is 1.29. The first-order valence-electron chi connectivity index (χ1n) is 13.4. The first-order valence-corrected chi connectivity index (χ1v) is 13.4. The number of rotatable bonds is 6. The van der Waals surface area contributed by atoms with Gasteiger partial charge in [-0.15, -0.1) is 0 Å². The monoisotopic (exact) mass is 598 g/mol. The highest BCUT2D eigenvalue weighted by Gasteiger charge is 2.42. The van der Waals surface area contributed by atoms with E-state index >= 15 is 0 Å². The van der Waals surface area contributed by atoms with Crippen LogP contribution in [-0.4, -0.2) is 104 Å². The highest BCUT2D eigenvalue weighted by atomic mass is 19.4. The molecule has 1 saturated carbocycles. The van der Waals surface area contributed by atoms with Gasteiger partial charge in [-0.2, -0.15) is 41.4 Å². The number of piperazine rings is 1. The van der Waals surface area contributed by atoms with E-state index in [1.807, 2.05) is 4.90 Å². The molecule has 3 aliphatic rings. The standard InChI is InChI=1S/C26H28F6N8O2/c1-24(42)8-16(9-24)34-23-35-21(38-11-18(12-38)39-6-5-37(13-20(39)41)14-25(27,28)29)19-10-33-40(22(19)36-23)17-4-2-3-15(7-17)26(30,31)32/h2-4,7,10,16,18,42H,5-6,8-9,11-14H2,1H3,(H,34,35,36). The molecular weight excluding hydrogens is 570 g/mol. The smallest absolute Gasteiger partial charge is 0.390 e. The molecule has 0 radical (unpaired) electrons. The molecule has 4 heterocycles. The average molecular weight is 599 g/mol. The predicted octanol–water partition coefficient (Wildman–Crippen LogP) is 3.05. The van der Waals surface area contributed by atoms with Gasteiger partial charge in [0.2, 0.25) is 11.9 Å². The van der Waals surface area contributed by atoms with E-state index in [0.717, 1.165) is 17.0 Å². The predicted molar refractivity (Wildman–Crippen MR) is 139 cm³/mol. The van der Waals surface area contributed by atoms with Gasteiger partial charge < -0.3 is 20.2 Å². The molecule has 6 rings (SSSR count). The van der Waals surface area contributed by atoms with Gasteiger partial charge in [0.15, 0.2) is 5.65 Å². The lowest BCUT2D eigenvalue weighted by atomic mass is 9.77. The van der Waals surface area contributed by atoms with Crippen LogP contribution in [0.4, 0.5) is 38.1 Å². The molecule has 0 unspecified atom stereocenters. The van der Waals surface area contributed by atoms with Crippen molar-refractivity contribution in [3.63, 3.8) is 0 Å². The van der Waals surface area contributed by atoms with Gasteiger partial charge in [0.05, 0.1) is 47.6 Å². The van der Waals surface area contributed by atoms with Gasteiger partial charge in [-0.25, -0.2) is 4.68 Å². The Labute approximate surface area is 235 Å². The third-order valence-electron chi connectivity index (χ3n) is 7.87. The minimum Gasteiger partial charge on any atom is -0.390 e. The number of carbonyl (C=O) groups is 1. The summed E-state index contributed by atoms with van der Waals surface area (Å²) < 4.78 is 79.8. The van der Waals surface area contributed by atoms with Crippen LogP contribution in [0, 0.1) is 0 Å². The summed E-state index contributed by atoms with van der Waals surface area (Å²) in [5, 5.41) is 18.1. The Morgan fingerprint density at radius 3 is 2.48 bits per heavy atom. The van der Waals surface area contributed by atoms with Crippen molar-refractivity contribution in [2.45, 2.75) is 49.8 Å². The quantitative estimate of drug-likeness (QED) is 0.418. The van der Waals surface area contributed by atoms with Gasteiger partial charge in [-0.05, 0) is 38.0 Å². The summed E-state index contributed by atoms with van der Waals surface area (Å²) in [4.78, 5) is 26.4. The van der Waals surface area contributed by atoms with Crippen LogP contribution >= 0.6 is 0 Å². The van der Waals surface area contributed by atoms with Gasteiger partial charge in [0.25, 0.3) is 0 Å². The Kier molecular flexibility index (Phi) is 6.75. The summed E-state index contributed by atoms with van der Waals surface area (Å²) in [6.07, 6.45) is -6.53. The number of nitrogens with one attached hydrogen (secondary N) is 1. The van der Waals surface area contributed by atoms with Gasteiger partial charge >= 0.3 is 12.4 Å². The molecule has 0 bridgehead atoms. The first kappa shape index (κ1) is 28.5. The van der Waals surface area contributed by atoms with E-state index < -0.39 is 30.1 Å². The number of carbonyl (C=O) groups excluding carboxylic acids is 1. The molecule has 0 spiro atoms. The molecule has 1 aromatic carbocycles. The summed E-state index contributed by atoms with van der Waals surface area (Å²) in [7, 11) is 0. The molecule has 226 valence electrons. The third-order valence-corrected chi connectivity index (χ3v) is 7.87. The summed E-state index contributed by atoms with van der Waals surface area (Å²) in [6, 6.07) is 4.39. The van der Waals surface area contributed by atoms with E-state index in [2.05, 4.69) is 20.4 Å². The molecule has 16 heteroatoms. The van der Waals surface area contributed by atoms with Crippen molar-refractivity contribution in [3.05, 3.63) is 36.0 Å². The molecule has 3 aromatic rings. The van der Waals surface area contributed by atoms with Crippen LogP contribution in [0.5, 0.6) is 0 Å². The van der Waals surface area contributed by atoms with Crippen molar-refractivity contribution in [1.29, 1.82) is 0 Å². The minimum absolute atomic E-state index is 0.106. The highest BCUT2D eigenvalue weighted by molar-refractivity contribution is 5.90. The fourth-order valence-electron chi connectivity index (χ4n) is 5.82. The Balaban J connectivity index is 1.26. The Hall–Kier alpha value is -3.66. The van der Waals surface area contributed by atoms with E-state index in [1.165, 1.54) is 23.0 Å². The number of hydrogen-bond donors (Lipinski definition) is 2. The molecule has 10 nitrogen and oxygen atoms in total. The van der Waals surface area contributed by atoms with E-state index in [-0.39, 0.29) is 54.9 Å². The number of hydrogen-bond acceptors (Lipinski definition) is 8. The van der Waals surface area contributed by atoms with Crippen LogP contribution in [-0.2, 0) is 11.0 Å². The Morgan fingerprint density at radius 2 is 1.83 bits per heavy atom. The summed E-state index contributed by atoms with van der Waals surface area (Å²) >= 11 is 0. The Bertz CT molecular complexity index is 1490. The van der Waals surface area contributed by atoms with Crippen LogP contribution in [0.3, 0.4) is 0 Å². The van der Waals surface area contributed by atoms with Gasteiger partial charge in [0, 0.05) is 32.2 Å². The maximum Gasteiger partial charge on any atom is 0.416 e. The largest absolute Gasteiger partial charge is 0.416 e. The first-order chi connectivity index (χ1) is 19.6. The van der Waals surface area contributed by atoms with Crippen molar-refractivity contribution < 1.29 is 36.2 Å². The van der Waals surface area contributed by atoms with Crippen LogP contribution in [0.1, 0.15) is 25.3 Å². The fraction of sp³-hybridized carbons (Fsp3) is 0.538. The Morgan fingerprint density at radius 1 is 1.10 bits per heavy atom. The number of nitrogens with zero attached hydrogens (tertiary/aromatic N) is 7. The summed E-state index contributed by atoms with van der Waals surface area (Å²) in [5.74, 6) is 0.304. The topological polar surface area (TPSA) is 103 Å². The average Bonchev–Trinajstić information content (AvgIpc) is 3.26. The second-order valence-corrected chi connectivity index (χ2v) is 11.4. The molecule has 3 fully saturated rings. The maximum absolute atomic E-state index is 13.4. The molecule has 2 N–H and O–H groups in total. The number of fused-ring (bicyclic) bond motifs is 1. The SMILES string of the molecule is CC1(O)CC(Nc2nc(N3CC(N4CCN(CC(F)(F)F)CC4=O)C3)c3cnn(-c4cccc(C(F)(F)F)c4)c3n2)C1. The number of alkyl halides is 6. The zero-order valence-corrected chi connectivity index (χ0v) is 22.5. The number of aliphatic hydroxyl groups is 1. The van der Waals surface area contributed by atoms with Gasteiger partial charge in [0.1, 0.15) is 5.82 Å². The molecule has 1 aliphatic carbocycles. The molecule has 0 atom stereocenters. The molecule has 2 aromatic heterocycles. The van der Waals surface area contributed by atoms with Gasteiger partial charge in [-0.1, -0.05) is 6.07 Å². The van der Waals surface area contributed by atoms with E-state index in [0.29, 0.717) is 37.1 Å². The lowest BCUT2D eigenvalue weighted by molar-refractivity contribution is -0.159. The zero-order valence-electron chi connectivity index (χ0n) is 22.5. The van der Waals surface area contributed by atoms with E-state index in [4.69, 9.17) is 0 Å². The van der Waals surface area contributed by atoms with Crippen LogP contribution in [0.25, 0.3) is 16.7 Å². The van der Waals surface area contributed by atoms with Crippen LogP contribution in [0.2, 0.25) is 0 Å². The molecule has 2 saturated heterocycles. The van der Waals surface area contributed by atoms with Crippen molar-refractivity contribution in [2.24, 2.45) is 0 Å². The third kappa shape index (κ3) is 5.69. The fourth-order valence-corrected chi connectivity index (χ4v) is 5.82. The van der Waals surface area contributed by atoms with Crippen molar-refractivity contribution >= 4 is 28.7 Å². The lowest BCUT2D eigenvalue weighted by Crippen LogP contribution is -2.65.